The molecule has 0 aliphatic rings. The highest BCUT2D eigenvalue weighted by molar-refractivity contribution is 8.13. The van der Waals surface area contributed by atoms with Crippen molar-refractivity contribution in [2.24, 2.45) is 4.99 Å². The molecule has 4 nitrogen and oxygen atoms in total. The van der Waals surface area contributed by atoms with Gasteiger partial charge in [0, 0.05) is 12.6 Å². The Bertz CT molecular complexity index is 219. The topological polar surface area (TPSA) is 51.4 Å². The normalized spacial score (nSPS) is 11.9. The van der Waals surface area contributed by atoms with Crippen molar-refractivity contribution >= 4 is 16.9 Å². The van der Waals surface area contributed by atoms with Gasteiger partial charge in [-0.05, 0) is 27.2 Å². The van der Waals surface area contributed by atoms with E-state index < -0.39 is 0 Å². The minimum absolute atomic E-state index is 0.534. The van der Waals surface area contributed by atoms with Gasteiger partial charge < -0.3 is 4.90 Å². The van der Waals surface area contributed by atoms with E-state index in [-0.39, 0.29) is 0 Å². The van der Waals surface area contributed by atoms with Crippen molar-refractivity contribution in [2.75, 3.05) is 26.4 Å². The lowest BCUT2D eigenvalue weighted by Gasteiger charge is -2.19. The van der Waals surface area contributed by atoms with E-state index in [1.165, 1.54) is 11.8 Å². The number of hydrogen-bond donors (Lipinski definition) is 1. The van der Waals surface area contributed by atoms with Crippen LogP contribution in [0, 0.1) is 11.5 Å². The molecule has 0 rings (SSSR count). The molecule has 0 aromatic rings. The summed E-state index contributed by atoms with van der Waals surface area (Å²) in [5, 5.41) is 11.6. The molecule has 0 atom stereocenters. The Morgan fingerprint density at radius 1 is 1.64 bits per heavy atom. The molecular weight excluding hydrogens is 196 g/mol. The lowest BCUT2D eigenvalue weighted by Crippen LogP contribution is -2.29. The van der Waals surface area contributed by atoms with Gasteiger partial charge in [0.05, 0.1) is 6.54 Å². The van der Waals surface area contributed by atoms with Crippen LogP contribution >= 0.6 is 11.8 Å². The molecule has 80 valence electrons. The molecule has 0 fully saturated rings. The zero-order chi connectivity index (χ0) is 11.0. The number of thioether (sulfide) groups is 1. The standard InChI is InChI=1S/C9H18N4S/c1-8(2)13(3)6-5-11-9(14-4)12-7-10/h8H,5-6H2,1-4H3,(H,11,12). The van der Waals surface area contributed by atoms with Gasteiger partial charge in [-0.1, -0.05) is 11.8 Å². The SMILES string of the molecule is CSC(=NCCN(C)C(C)C)NC#N. The lowest BCUT2D eigenvalue weighted by molar-refractivity contribution is 0.282. The Hall–Kier alpha value is -0.730. The summed E-state index contributed by atoms with van der Waals surface area (Å²) in [5.41, 5.74) is 0. The van der Waals surface area contributed by atoms with Crippen LogP contribution in [-0.4, -0.2) is 42.5 Å². The first-order chi connectivity index (χ1) is 6.61. The third-order valence-electron chi connectivity index (χ3n) is 1.95. The monoisotopic (exact) mass is 214 g/mol. The Kier molecular flexibility index (Phi) is 7.25. The molecule has 0 bridgehead atoms. The van der Waals surface area contributed by atoms with E-state index in [4.69, 9.17) is 5.26 Å². The molecular formula is C9H18N4S. The molecule has 0 amide bonds. The number of nitrogens with one attached hydrogen (secondary N) is 1. The number of aliphatic imine (C=N–C) groups is 1. The van der Waals surface area contributed by atoms with Gasteiger partial charge >= 0.3 is 0 Å². The maximum Gasteiger partial charge on any atom is 0.183 e. The third kappa shape index (κ3) is 5.84. The molecule has 0 aromatic heterocycles. The summed E-state index contributed by atoms with van der Waals surface area (Å²) in [6.07, 6.45) is 3.76. The van der Waals surface area contributed by atoms with Crippen LogP contribution in [0.3, 0.4) is 0 Å². The molecule has 5 heteroatoms. The molecule has 0 radical (unpaired) electrons. The van der Waals surface area contributed by atoms with Crippen LogP contribution in [0.5, 0.6) is 0 Å². The molecule has 0 saturated carbocycles. The van der Waals surface area contributed by atoms with Crippen LogP contribution < -0.4 is 5.32 Å². The minimum atomic E-state index is 0.534. The molecule has 0 aliphatic carbocycles. The molecule has 1 N–H and O–H groups in total. The summed E-state index contributed by atoms with van der Waals surface area (Å²) in [7, 11) is 2.07. The second kappa shape index (κ2) is 7.65. The second-order valence-electron chi connectivity index (χ2n) is 3.20. The quantitative estimate of drug-likeness (QED) is 0.330. The van der Waals surface area contributed by atoms with E-state index in [9.17, 15) is 0 Å². The first kappa shape index (κ1) is 13.3. The molecule has 0 spiro atoms. The molecule has 0 heterocycles. The smallest absolute Gasteiger partial charge is 0.183 e. The summed E-state index contributed by atoms with van der Waals surface area (Å²) in [5.74, 6) is 0. The van der Waals surface area contributed by atoms with Crippen molar-refractivity contribution in [1.29, 1.82) is 5.26 Å². The fourth-order valence-corrected chi connectivity index (χ4v) is 1.14. The van der Waals surface area contributed by atoms with Gasteiger partial charge in [0.1, 0.15) is 0 Å². The van der Waals surface area contributed by atoms with E-state index in [2.05, 4.69) is 36.1 Å². The number of amidine groups is 1. The Labute approximate surface area is 90.4 Å². The highest BCUT2D eigenvalue weighted by Crippen LogP contribution is 1.96. The zero-order valence-corrected chi connectivity index (χ0v) is 10.1. The Balaban J connectivity index is 3.84. The summed E-state index contributed by atoms with van der Waals surface area (Å²) in [6.45, 7) is 5.92. The number of nitriles is 1. The van der Waals surface area contributed by atoms with Crippen LogP contribution in [0.25, 0.3) is 0 Å². The van der Waals surface area contributed by atoms with E-state index in [0.717, 1.165) is 13.1 Å². The highest BCUT2D eigenvalue weighted by Gasteiger charge is 2.01. The third-order valence-corrected chi connectivity index (χ3v) is 2.56. The summed E-state index contributed by atoms with van der Waals surface area (Å²) in [4.78, 5) is 6.47. The number of hydrogen-bond acceptors (Lipinski definition) is 4. The number of likely N-dealkylation sites (N-methyl/N-ethyl adjacent to an activating group) is 1. The maximum absolute atomic E-state index is 8.40. The van der Waals surface area contributed by atoms with Gasteiger partial charge in [-0.15, -0.1) is 0 Å². The highest BCUT2D eigenvalue weighted by atomic mass is 32.2. The molecule has 0 saturated heterocycles. The Morgan fingerprint density at radius 3 is 2.71 bits per heavy atom. The maximum atomic E-state index is 8.40. The van der Waals surface area contributed by atoms with Crippen molar-refractivity contribution in [3.05, 3.63) is 0 Å². The first-order valence-corrected chi connectivity index (χ1v) is 5.78. The minimum Gasteiger partial charge on any atom is -0.302 e. The van der Waals surface area contributed by atoms with Gasteiger partial charge in [0.2, 0.25) is 0 Å². The second-order valence-corrected chi connectivity index (χ2v) is 4.00. The van der Waals surface area contributed by atoms with Crippen LogP contribution in [0.2, 0.25) is 0 Å². The average Bonchev–Trinajstić information content (AvgIpc) is 2.16. The largest absolute Gasteiger partial charge is 0.302 e. The van der Waals surface area contributed by atoms with Crippen molar-refractivity contribution in [2.45, 2.75) is 19.9 Å². The fraction of sp³-hybridized carbons (Fsp3) is 0.778. The van der Waals surface area contributed by atoms with Crippen molar-refractivity contribution in [3.63, 3.8) is 0 Å². The van der Waals surface area contributed by atoms with Crippen LogP contribution in [0.1, 0.15) is 13.8 Å². The van der Waals surface area contributed by atoms with Gasteiger partial charge in [0.25, 0.3) is 0 Å². The van der Waals surface area contributed by atoms with E-state index in [1.807, 2.05) is 12.4 Å². The van der Waals surface area contributed by atoms with Gasteiger partial charge in [0.15, 0.2) is 11.4 Å². The molecule has 0 unspecified atom stereocenters. The number of rotatable bonds is 4. The zero-order valence-electron chi connectivity index (χ0n) is 9.24. The van der Waals surface area contributed by atoms with Crippen LogP contribution in [0.15, 0.2) is 4.99 Å². The van der Waals surface area contributed by atoms with E-state index in [0.29, 0.717) is 11.2 Å². The summed E-state index contributed by atoms with van der Waals surface area (Å²) in [6, 6.07) is 0.534. The van der Waals surface area contributed by atoms with Gasteiger partial charge in [-0.2, -0.15) is 5.26 Å². The number of nitrogens with zero attached hydrogens (tertiary/aromatic N) is 3. The predicted molar refractivity (Wildman–Crippen MR) is 62.3 cm³/mol. The van der Waals surface area contributed by atoms with Crippen molar-refractivity contribution < 1.29 is 0 Å². The molecule has 14 heavy (non-hydrogen) atoms. The van der Waals surface area contributed by atoms with Gasteiger partial charge in [-0.25, -0.2) is 0 Å². The van der Waals surface area contributed by atoms with E-state index >= 15 is 0 Å². The first-order valence-electron chi connectivity index (χ1n) is 4.55. The molecule has 0 aromatic carbocycles. The average molecular weight is 214 g/mol. The lowest BCUT2D eigenvalue weighted by atomic mass is 10.3. The summed E-state index contributed by atoms with van der Waals surface area (Å²) >= 11 is 1.45. The molecule has 0 aliphatic heterocycles. The van der Waals surface area contributed by atoms with Crippen molar-refractivity contribution in [1.82, 2.24) is 10.2 Å². The van der Waals surface area contributed by atoms with Crippen LogP contribution in [0.4, 0.5) is 0 Å². The van der Waals surface area contributed by atoms with E-state index in [1.54, 1.807) is 0 Å². The fourth-order valence-electron chi connectivity index (χ4n) is 0.770. The Morgan fingerprint density at radius 2 is 2.29 bits per heavy atom. The van der Waals surface area contributed by atoms with Crippen molar-refractivity contribution in [3.8, 4) is 6.19 Å². The summed E-state index contributed by atoms with van der Waals surface area (Å²) < 4.78 is 0. The van der Waals surface area contributed by atoms with Crippen LogP contribution in [-0.2, 0) is 0 Å². The van der Waals surface area contributed by atoms with Gasteiger partial charge in [-0.3, -0.25) is 10.3 Å². The predicted octanol–water partition coefficient (Wildman–Crippen LogP) is 1.12.